The molecule has 2 aromatic carbocycles. The predicted octanol–water partition coefficient (Wildman–Crippen LogP) is 5.37. The van der Waals surface area contributed by atoms with E-state index in [2.05, 4.69) is 10.3 Å². The number of nitro benzene ring substituents is 1. The van der Waals surface area contributed by atoms with Crippen molar-refractivity contribution in [3.05, 3.63) is 80.4 Å². The Morgan fingerprint density at radius 1 is 1.16 bits per heavy atom. The lowest BCUT2D eigenvalue weighted by Gasteiger charge is -2.05. The summed E-state index contributed by atoms with van der Waals surface area (Å²) in [6.07, 6.45) is 1.64. The van der Waals surface area contributed by atoms with Gasteiger partial charge in [-0.3, -0.25) is 14.9 Å². The minimum Gasteiger partial charge on any atom is -0.494 e. The number of methoxy groups -OCH3 is 1. The number of amides is 1. The van der Waals surface area contributed by atoms with Crippen LogP contribution in [-0.2, 0) is 4.79 Å². The van der Waals surface area contributed by atoms with Crippen LogP contribution < -0.4 is 10.1 Å². The van der Waals surface area contributed by atoms with Crippen LogP contribution >= 0.6 is 11.8 Å². The van der Waals surface area contributed by atoms with E-state index in [0.29, 0.717) is 38.6 Å². The van der Waals surface area contributed by atoms with E-state index < -0.39 is 4.92 Å². The van der Waals surface area contributed by atoms with Crippen molar-refractivity contribution >= 4 is 40.3 Å². The van der Waals surface area contributed by atoms with Crippen LogP contribution in [0.1, 0.15) is 16.9 Å². The van der Waals surface area contributed by atoms with Gasteiger partial charge in [-0.1, -0.05) is 12.1 Å². The highest BCUT2D eigenvalue weighted by molar-refractivity contribution is 8.18. The molecule has 1 aliphatic heterocycles. The molecule has 0 atom stereocenters. The first-order chi connectivity index (χ1) is 15.4. The average Bonchev–Trinajstić information content (AvgIpc) is 3.36. The number of hydrogen-bond acceptors (Lipinski definition) is 7. The summed E-state index contributed by atoms with van der Waals surface area (Å²) in [5.74, 6) is 1.39. The number of para-hydroxylation sites is 2. The zero-order valence-electron chi connectivity index (χ0n) is 17.5. The SMILES string of the molecule is COc1ccccc1N=C1NC(=O)/C(=C/c2ccc(-c3cc(C)c([N+](=O)[O-])cc3C)o2)S1. The molecule has 162 valence electrons. The van der Waals surface area contributed by atoms with Gasteiger partial charge < -0.3 is 14.5 Å². The van der Waals surface area contributed by atoms with Gasteiger partial charge in [0.15, 0.2) is 5.17 Å². The highest BCUT2D eigenvalue weighted by atomic mass is 32.2. The number of furan rings is 1. The predicted molar refractivity (Wildman–Crippen MR) is 124 cm³/mol. The van der Waals surface area contributed by atoms with Gasteiger partial charge in [0.05, 0.1) is 16.9 Å². The number of nitrogens with zero attached hydrogens (tertiary/aromatic N) is 2. The van der Waals surface area contributed by atoms with Crippen LogP contribution in [0, 0.1) is 24.0 Å². The maximum atomic E-state index is 12.4. The Hall–Kier alpha value is -3.85. The molecule has 1 aromatic heterocycles. The van der Waals surface area contributed by atoms with Crippen molar-refractivity contribution in [1.82, 2.24) is 5.32 Å². The van der Waals surface area contributed by atoms with Crippen LogP contribution in [-0.4, -0.2) is 23.1 Å². The quantitative estimate of drug-likeness (QED) is 0.319. The van der Waals surface area contributed by atoms with Crippen LogP contribution in [0.4, 0.5) is 11.4 Å². The number of carbonyl (C=O) groups is 1. The molecule has 9 heteroatoms. The molecule has 32 heavy (non-hydrogen) atoms. The molecule has 1 fully saturated rings. The molecule has 0 aliphatic carbocycles. The third kappa shape index (κ3) is 4.28. The Morgan fingerprint density at radius 2 is 1.94 bits per heavy atom. The number of aliphatic imine (C=N–C) groups is 1. The number of ether oxygens (including phenoxy) is 1. The summed E-state index contributed by atoms with van der Waals surface area (Å²) in [6.45, 7) is 3.48. The van der Waals surface area contributed by atoms with E-state index in [9.17, 15) is 14.9 Å². The summed E-state index contributed by atoms with van der Waals surface area (Å²) >= 11 is 1.20. The second kappa shape index (κ2) is 8.72. The Bertz CT molecular complexity index is 1290. The van der Waals surface area contributed by atoms with Crippen molar-refractivity contribution in [3.63, 3.8) is 0 Å². The first kappa shape index (κ1) is 21.4. The Balaban J connectivity index is 1.59. The van der Waals surface area contributed by atoms with E-state index in [4.69, 9.17) is 9.15 Å². The van der Waals surface area contributed by atoms with E-state index in [1.165, 1.54) is 17.8 Å². The van der Waals surface area contributed by atoms with Crippen LogP contribution in [0.5, 0.6) is 5.75 Å². The summed E-state index contributed by atoms with van der Waals surface area (Å²) in [5.41, 5.74) is 2.73. The van der Waals surface area contributed by atoms with Gasteiger partial charge in [-0.05, 0) is 61.5 Å². The minimum atomic E-state index is -0.399. The molecule has 0 radical (unpaired) electrons. The molecule has 0 spiro atoms. The molecular formula is C23H19N3O5S. The number of rotatable bonds is 5. The largest absolute Gasteiger partial charge is 0.494 e. The van der Waals surface area contributed by atoms with Gasteiger partial charge in [0.25, 0.3) is 11.6 Å². The first-order valence-corrected chi connectivity index (χ1v) is 10.5. The first-order valence-electron chi connectivity index (χ1n) is 9.64. The van der Waals surface area contributed by atoms with Crippen LogP contribution in [0.3, 0.4) is 0 Å². The van der Waals surface area contributed by atoms with Crippen molar-refractivity contribution in [1.29, 1.82) is 0 Å². The second-order valence-electron chi connectivity index (χ2n) is 7.07. The molecule has 1 amide bonds. The molecular weight excluding hydrogens is 430 g/mol. The van der Waals surface area contributed by atoms with Crippen LogP contribution in [0.25, 0.3) is 17.4 Å². The van der Waals surface area contributed by atoms with Crippen molar-refractivity contribution in [3.8, 4) is 17.1 Å². The zero-order valence-corrected chi connectivity index (χ0v) is 18.4. The van der Waals surface area contributed by atoms with Gasteiger partial charge in [-0.15, -0.1) is 0 Å². The number of hydrogen-bond donors (Lipinski definition) is 1. The molecule has 4 rings (SSSR count). The topological polar surface area (TPSA) is 107 Å². The van der Waals surface area contributed by atoms with E-state index in [1.54, 1.807) is 57.4 Å². The van der Waals surface area contributed by atoms with E-state index in [1.807, 2.05) is 12.1 Å². The molecule has 0 unspecified atom stereocenters. The minimum absolute atomic E-state index is 0.0704. The zero-order chi connectivity index (χ0) is 22.8. The normalized spacial score (nSPS) is 15.9. The van der Waals surface area contributed by atoms with Gasteiger partial charge in [-0.25, -0.2) is 4.99 Å². The number of benzene rings is 2. The van der Waals surface area contributed by atoms with Gasteiger partial charge in [0.2, 0.25) is 0 Å². The standard InChI is InChI=1S/C23H19N3O5S/c1-13-11-18(26(28)29)14(2)10-16(13)19-9-8-15(31-19)12-21-22(27)25-23(32-21)24-17-6-4-5-7-20(17)30-3/h4-12H,1-3H3,(H,24,25,27)/b21-12-. The highest BCUT2D eigenvalue weighted by Crippen LogP contribution is 2.34. The Morgan fingerprint density at radius 3 is 2.69 bits per heavy atom. The molecule has 1 saturated heterocycles. The summed E-state index contributed by atoms with van der Waals surface area (Å²) in [7, 11) is 1.56. The number of thioether (sulfide) groups is 1. The summed E-state index contributed by atoms with van der Waals surface area (Å²) in [6, 6.07) is 14.1. The van der Waals surface area contributed by atoms with E-state index in [-0.39, 0.29) is 11.6 Å². The lowest BCUT2D eigenvalue weighted by molar-refractivity contribution is -0.385. The van der Waals surface area contributed by atoms with Crippen molar-refractivity contribution in [2.24, 2.45) is 4.99 Å². The average molecular weight is 449 g/mol. The fourth-order valence-corrected chi connectivity index (χ4v) is 4.09. The lowest BCUT2D eigenvalue weighted by Crippen LogP contribution is -2.19. The van der Waals surface area contributed by atoms with Crippen LogP contribution in [0.15, 0.2) is 62.8 Å². The Kier molecular flexibility index (Phi) is 5.83. The van der Waals surface area contributed by atoms with E-state index in [0.717, 1.165) is 11.1 Å². The van der Waals surface area contributed by atoms with Gasteiger partial charge >= 0.3 is 0 Å². The lowest BCUT2D eigenvalue weighted by atomic mass is 10.0. The molecule has 1 aliphatic rings. The number of nitrogens with one attached hydrogen (secondary N) is 1. The van der Waals surface area contributed by atoms with Gasteiger partial charge in [-0.2, -0.15) is 0 Å². The molecule has 2 heterocycles. The summed E-state index contributed by atoms with van der Waals surface area (Å²) in [5, 5.41) is 14.3. The van der Waals surface area contributed by atoms with Crippen LogP contribution in [0.2, 0.25) is 0 Å². The van der Waals surface area contributed by atoms with Crippen molar-refractivity contribution < 1.29 is 18.9 Å². The summed E-state index contributed by atoms with van der Waals surface area (Å²) < 4.78 is 11.2. The third-order valence-corrected chi connectivity index (χ3v) is 5.77. The molecule has 1 N–H and O–H groups in total. The number of amidine groups is 1. The number of nitro groups is 1. The highest BCUT2D eigenvalue weighted by Gasteiger charge is 2.25. The smallest absolute Gasteiger partial charge is 0.272 e. The Labute approximate surface area is 188 Å². The number of carbonyl (C=O) groups excluding carboxylic acids is 1. The van der Waals surface area contributed by atoms with Gasteiger partial charge in [0.1, 0.15) is 23.0 Å². The maximum absolute atomic E-state index is 12.4. The molecule has 3 aromatic rings. The molecule has 0 saturated carbocycles. The second-order valence-corrected chi connectivity index (χ2v) is 8.10. The fourth-order valence-electron chi connectivity index (χ4n) is 3.28. The maximum Gasteiger partial charge on any atom is 0.272 e. The van der Waals surface area contributed by atoms with Crippen molar-refractivity contribution in [2.75, 3.05) is 7.11 Å². The van der Waals surface area contributed by atoms with Crippen molar-refractivity contribution in [2.45, 2.75) is 13.8 Å². The molecule has 0 bridgehead atoms. The monoisotopic (exact) mass is 449 g/mol. The molecule has 8 nitrogen and oxygen atoms in total. The fraction of sp³-hybridized carbons (Fsp3) is 0.130. The van der Waals surface area contributed by atoms with Gasteiger partial charge in [0, 0.05) is 23.3 Å². The number of aryl methyl sites for hydroxylation is 2. The third-order valence-electron chi connectivity index (χ3n) is 4.86. The van der Waals surface area contributed by atoms with E-state index >= 15 is 0 Å². The summed E-state index contributed by atoms with van der Waals surface area (Å²) in [4.78, 5) is 28.0.